The van der Waals surface area contributed by atoms with Crippen molar-refractivity contribution in [3.63, 3.8) is 0 Å². The van der Waals surface area contributed by atoms with E-state index in [1.54, 1.807) is 4.90 Å². The maximum Gasteiger partial charge on any atom is 0.207 e. The Morgan fingerprint density at radius 3 is 1.93 bits per heavy atom. The van der Waals surface area contributed by atoms with Gasteiger partial charge in [0.2, 0.25) is 17.9 Å². The fraction of sp³-hybridized carbons (Fsp3) is 0.571. The van der Waals surface area contributed by atoms with Crippen molar-refractivity contribution in [3.8, 4) is 0 Å². The first kappa shape index (κ1) is 11.2. The van der Waals surface area contributed by atoms with Gasteiger partial charge in [0.15, 0.2) is 0 Å². The van der Waals surface area contributed by atoms with E-state index < -0.39 is 11.9 Å². The number of morpholine rings is 1. The molecule has 0 bridgehead atoms. The van der Waals surface area contributed by atoms with Gasteiger partial charge in [-0.25, -0.2) is 4.90 Å². The van der Waals surface area contributed by atoms with E-state index in [1.165, 1.54) is 0 Å². The van der Waals surface area contributed by atoms with E-state index in [9.17, 15) is 0 Å². The molecule has 1 aliphatic heterocycles. The Balaban J connectivity index is 2.70. The van der Waals surface area contributed by atoms with E-state index in [1.807, 2.05) is 0 Å². The van der Waals surface area contributed by atoms with Gasteiger partial charge in [0.05, 0.1) is 13.2 Å². The molecular formula is C7H15N7O. The minimum Gasteiger partial charge on any atom is -0.378 e. The molecule has 1 heterocycles. The Morgan fingerprint density at radius 2 is 1.53 bits per heavy atom. The first-order valence-corrected chi connectivity index (χ1v) is 4.43. The van der Waals surface area contributed by atoms with Crippen LogP contribution in [0.3, 0.4) is 0 Å². The minimum atomic E-state index is -0.431. The van der Waals surface area contributed by atoms with Gasteiger partial charge in [-0.1, -0.05) is 0 Å². The van der Waals surface area contributed by atoms with Crippen LogP contribution in [0.4, 0.5) is 0 Å². The molecule has 0 aliphatic carbocycles. The van der Waals surface area contributed by atoms with E-state index in [0.29, 0.717) is 26.3 Å². The topological polar surface area (TPSA) is 139 Å². The van der Waals surface area contributed by atoms with Crippen molar-refractivity contribution in [2.45, 2.75) is 0 Å². The third-order valence-corrected chi connectivity index (χ3v) is 2.00. The summed E-state index contributed by atoms with van der Waals surface area (Å²) < 4.78 is 5.12. The largest absolute Gasteiger partial charge is 0.378 e. The molecule has 8 heteroatoms. The lowest BCUT2D eigenvalue weighted by Gasteiger charge is -2.33. The van der Waals surface area contributed by atoms with Crippen LogP contribution in [0, 0.1) is 16.2 Å². The first-order valence-electron chi connectivity index (χ1n) is 4.43. The SMILES string of the molecule is N=C(N)N(C(=N)N)C(=N)N1CCOCC1. The summed E-state index contributed by atoms with van der Waals surface area (Å²) in [6.07, 6.45) is 0. The molecular weight excluding hydrogens is 198 g/mol. The highest BCUT2D eigenvalue weighted by Gasteiger charge is 2.23. The lowest BCUT2D eigenvalue weighted by atomic mass is 10.4. The Hall–Kier alpha value is -1.83. The van der Waals surface area contributed by atoms with Gasteiger partial charge in [-0.15, -0.1) is 0 Å². The first-order chi connectivity index (χ1) is 7.04. The predicted octanol–water partition coefficient (Wildman–Crippen LogP) is -1.66. The van der Waals surface area contributed by atoms with Crippen molar-refractivity contribution in [1.29, 1.82) is 16.2 Å². The smallest absolute Gasteiger partial charge is 0.207 e. The van der Waals surface area contributed by atoms with Crippen molar-refractivity contribution in [1.82, 2.24) is 9.80 Å². The van der Waals surface area contributed by atoms with Gasteiger partial charge >= 0.3 is 0 Å². The van der Waals surface area contributed by atoms with E-state index in [-0.39, 0.29) is 5.96 Å². The molecule has 0 saturated carbocycles. The number of nitrogens with one attached hydrogen (secondary N) is 3. The van der Waals surface area contributed by atoms with Crippen molar-refractivity contribution < 1.29 is 4.74 Å². The van der Waals surface area contributed by atoms with Crippen molar-refractivity contribution in [3.05, 3.63) is 0 Å². The van der Waals surface area contributed by atoms with Crippen LogP contribution in [-0.4, -0.2) is 54.0 Å². The molecule has 0 aromatic rings. The van der Waals surface area contributed by atoms with Crippen LogP contribution in [0.25, 0.3) is 0 Å². The number of rotatable bonds is 0. The van der Waals surface area contributed by atoms with Crippen LogP contribution in [-0.2, 0) is 4.74 Å². The zero-order valence-electron chi connectivity index (χ0n) is 8.29. The highest BCUT2D eigenvalue weighted by Crippen LogP contribution is 2.01. The van der Waals surface area contributed by atoms with Crippen LogP contribution in [0.1, 0.15) is 0 Å². The summed E-state index contributed by atoms with van der Waals surface area (Å²) in [7, 11) is 0. The van der Waals surface area contributed by atoms with Crippen molar-refractivity contribution in [2.75, 3.05) is 26.3 Å². The fourth-order valence-electron chi connectivity index (χ4n) is 1.27. The minimum absolute atomic E-state index is 0.0571. The number of nitrogens with zero attached hydrogens (tertiary/aromatic N) is 2. The maximum atomic E-state index is 7.76. The average molecular weight is 213 g/mol. The van der Waals surface area contributed by atoms with E-state index in [2.05, 4.69) is 0 Å². The Kier molecular flexibility index (Phi) is 3.45. The van der Waals surface area contributed by atoms with Crippen molar-refractivity contribution in [2.24, 2.45) is 11.5 Å². The molecule has 1 saturated heterocycles. The van der Waals surface area contributed by atoms with Gasteiger partial charge in [0, 0.05) is 13.1 Å². The van der Waals surface area contributed by atoms with E-state index in [0.717, 1.165) is 4.90 Å². The molecule has 1 fully saturated rings. The molecule has 84 valence electrons. The molecule has 0 spiro atoms. The number of hydrogen-bond acceptors (Lipinski definition) is 4. The second kappa shape index (κ2) is 4.60. The molecule has 1 aliphatic rings. The molecule has 0 atom stereocenters. The zero-order chi connectivity index (χ0) is 11.4. The summed E-state index contributed by atoms with van der Waals surface area (Å²) in [6.45, 7) is 2.11. The molecule has 0 amide bonds. The van der Waals surface area contributed by atoms with Gasteiger partial charge in [0.25, 0.3) is 0 Å². The van der Waals surface area contributed by atoms with Crippen molar-refractivity contribution >= 4 is 17.9 Å². The van der Waals surface area contributed by atoms with Crippen LogP contribution in [0.2, 0.25) is 0 Å². The number of hydrogen-bond donors (Lipinski definition) is 5. The molecule has 1 rings (SSSR count). The van der Waals surface area contributed by atoms with Gasteiger partial charge in [-0.2, -0.15) is 0 Å². The molecule has 0 aromatic carbocycles. The normalized spacial score (nSPS) is 15.9. The number of ether oxygens (including phenoxy) is 1. The highest BCUT2D eigenvalue weighted by atomic mass is 16.5. The van der Waals surface area contributed by atoms with E-state index >= 15 is 0 Å². The van der Waals surface area contributed by atoms with Crippen LogP contribution in [0.15, 0.2) is 0 Å². The Labute approximate surface area is 87.3 Å². The second-order valence-corrected chi connectivity index (χ2v) is 3.03. The molecule has 15 heavy (non-hydrogen) atoms. The molecule has 7 N–H and O–H groups in total. The van der Waals surface area contributed by atoms with E-state index in [4.69, 9.17) is 32.4 Å². The Morgan fingerprint density at radius 1 is 1.07 bits per heavy atom. The van der Waals surface area contributed by atoms with Gasteiger partial charge in [0.1, 0.15) is 0 Å². The van der Waals surface area contributed by atoms with Crippen LogP contribution < -0.4 is 11.5 Å². The second-order valence-electron chi connectivity index (χ2n) is 3.03. The zero-order valence-corrected chi connectivity index (χ0v) is 8.29. The molecule has 0 radical (unpaired) electrons. The van der Waals surface area contributed by atoms with Gasteiger partial charge in [-0.3, -0.25) is 16.2 Å². The lowest BCUT2D eigenvalue weighted by molar-refractivity contribution is 0.0650. The summed E-state index contributed by atoms with van der Waals surface area (Å²) >= 11 is 0. The summed E-state index contributed by atoms with van der Waals surface area (Å²) in [6, 6.07) is 0. The lowest BCUT2D eigenvalue weighted by Crippen LogP contribution is -2.56. The average Bonchev–Trinajstić information content (AvgIpc) is 2.18. The summed E-state index contributed by atoms with van der Waals surface area (Å²) in [4.78, 5) is 2.53. The standard InChI is InChI=1S/C7H15N7O/c8-5(9)14(6(10)11)7(12)13-1-3-15-4-2-13/h12H,1-4H2,(H3,8,9)(H3,10,11). The van der Waals surface area contributed by atoms with Crippen LogP contribution in [0.5, 0.6) is 0 Å². The predicted molar refractivity (Wildman–Crippen MR) is 55.8 cm³/mol. The monoisotopic (exact) mass is 213 g/mol. The fourth-order valence-corrected chi connectivity index (χ4v) is 1.27. The number of guanidine groups is 3. The molecule has 0 aromatic heterocycles. The summed E-state index contributed by atoms with van der Waals surface area (Å²) in [5.41, 5.74) is 10.5. The van der Waals surface area contributed by atoms with Gasteiger partial charge in [-0.05, 0) is 0 Å². The molecule has 8 nitrogen and oxygen atoms in total. The highest BCUT2D eigenvalue weighted by molar-refractivity contribution is 6.10. The number of nitrogens with two attached hydrogens (primary N) is 2. The third kappa shape index (κ3) is 2.56. The quantitative estimate of drug-likeness (QED) is 0.242. The van der Waals surface area contributed by atoms with Crippen LogP contribution >= 0.6 is 0 Å². The Bertz CT molecular complexity index is 269. The maximum absolute atomic E-state index is 7.76. The summed E-state index contributed by atoms with van der Waals surface area (Å²) in [5.74, 6) is -0.920. The third-order valence-electron chi connectivity index (χ3n) is 2.00. The summed E-state index contributed by atoms with van der Waals surface area (Å²) in [5, 5.41) is 22.2. The molecule has 0 unspecified atom stereocenters. The van der Waals surface area contributed by atoms with Gasteiger partial charge < -0.3 is 21.1 Å².